The molecule has 0 bridgehead atoms. The molecule has 0 atom stereocenters. The molecule has 0 radical (unpaired) electrons. The lowest BCUT2D eigenvalue weighted by molar-refractivity contribution is 0.0953. The third kappa shape index (κ3) is 5.04. The minimum absolute atomic E-state index is 0.194. The number of carbonyl (C=O) groups is 1. The second kappa shape index (κ2) is 8.45. The van der Waals surface area contributed by atoms with Gasteiger partial charge in [0.25, 0.3) is 5.91 Å². The molecule has 0 aliphatic carbocycles. The Morgan fingerprint density at radius 3 is 2.31 bits per heavy atom. The van der Waals surface area contributed by atoms with Gasteiger partial charge in [-0.15, -0.1) is 0 Å². The van der Waals surface area contributed by atoms with Gasteiger partial charge < -0.3 is 10.6 Å². The average Bonchev–Trinajstić information content (AvgIpc) is 2.66. The van der Waals surface area contributed by atoms with E-state index in [4.69, 9.17) is 11.6 Å². The van der Waals surface area contributed by atoms with Gasteiger partial charge >= 0.3 is 0 Å². The maximum atomic E-state index is 12.2. The fourth-order valence-electron chi connectivity index (χ4n) is 2.35. The molecule has 0 saturated heterocycles. The van der Waals surface area contributed by atoms with Crippen LogP contribution in [0.2, 0.25) is 5.02 Å². The van der Waals surface area contributed by atoms with E-state index in [2.05, 4.69) is 20.6 Å². The molecule has 3 aromatic rings. The van der Waals surface area contributed by atoms with E-state index in [1.807, 2.05) is 55.5 Å². The van der Waals surface area contributed by atoms with Crippen LogP contribution in [-0.2, 0) is 6.42 Å². The van der Waals surface area contributed by atoms with Crippen molar-refractivity contribution in [3.63, 3.8) is 0 Å². The summed E-state index contributed by atoms with van der Waals surface area (Å²) in [5, 5.41) is 6.67. The Hall–Kier alpha value is -2.92. The van der Waals surface area contributed by atoms with E-state index in [0.717, 1.165) is 17.7 Å². The van der Waals surface area contributed by atoms with Crippen LogP contribution in [0.25, 0.3) is 0 Å². The van der Waals surface area contributed by atoms with Crippen molar-refractivity contribution in [1.82, 2.24) is 15.3 Å². The zero-order valence-corrected chi connectivity index (χ0v) is 15.1. The molecule has 0 spiro atoms. The van der Waals surface area contributed by atoms with Gasteiger partial charge in [-0.3, -0.25) is 4.79 Å². The maximum absolute atomic E-state index is 12.2. The zero-order chi connectivity index (χ0) is 18.4. The Balaban J connectivity index is 1.51. The predicted octanol–water partition coefficient (Wildman–Crippen LogP) is 4.15. The first kappa shape index (κ1) is 17.9. The van der Waals surface area contributed by atoms with Crippen molar-refractivity contribution in [2.24, 2.45) is 0 Å². The molecule has 0 aliphatic heterocycles. The van der Waals surface area contributed by atoms with Crippen LogP contribution in [0.1, 0.15) is 21.5 Å². The first-order chi connectivity index (χ1) is 12.6. The maximum Gasteiger partial charge on any atom is 0.254 e. The Morgan fingerprint density at radius 2 is 1.65 bits per heavy atom. The number of carbonyl (C=O) groups excluding carboxylic acids is 1. The van der Waals surface area contributed by atoms with Crippen LogP contribution in [-0.4, -0.2) is 22.4 Å². The largest absolute Gasteiger partial charge is 0.352 e. The summed E-state index contributed by atoms with van der Waals surface area (Å²) in [5.41, 5.74) is 3.62. The molecule has 1 amide bonds. The van der Waals surface area contributed by atoms with E-state index >= 15 is 0 Å². The second-order valence-corrected chi connectivity index (χ2v) is 6.36. The second-order valence-electron chi connectivity index (χ2n) is 5.92. The number of halogens is 1. The van der Waals surface area contributed by atoms with Gasteiger partial charge in [0.15, 0.2) is 0 Å². The Kier molecular flexibility index (Phi) is 5.81. The van der Waals surface area contributed by atoms with E-state index in [1.165, 1.54) is 18.0 Å². The summed E-state index contributed by atoms with van der Waals surface area (Å²) in [6, 6.07) is 15.5. The number of anilines is 2. The lowest BCUT2D eigenvalue weighted by atomic mass is 10.1. The summed E-state index contributed by atoms with van der Waals surface area (Å²) < 4.78 is 0. The fourth-order valence-corrected chi connectivity index (χ4v) is 2.48. The normalized spacial score (nSPS) is 10.4. The Morgan fingerprint density at radius 1 is 1.00 bits per heavy atom. The molecule has 26 heavy (non-hydrogen) atoms. The Bertz CT molecular complexity index is 862. The Labute approximate surface area is 157 Å². The molecule has 1 heterocycles. The number of benzene rings is 2. The third-order valence-electron chi connectivity index (χ3n) is 3.83. The quantitative estimate of drug-likeness (QED) is 0.687. The highest BCUT2D eigenvalue weighted by molar-refractivity contribution is 6.30. The van der Waals surface area contributed by atoms with E-state index in [0.29, 0.717) is 23.1 Å². The van der Waals surface area contributed by atoms with E-state index in [1.54, 1.807) is 0 Å². The molecule has 3 rings (SSSR count). The molecule has 0 aliphatic rings. The summed E-state index contributed by atoms with van der Waals surface area (Å²) in [7, 11) is 0. The van der Waals surface area contributed by atoms with Crippen molar-refractivity contribution >= 4 is 29.1 Å². The number of aromatic nitrogens is 2. The first-order valence-corrected chi connectivity index (χ1v) is 8.66. The molecule has 1 aromatic heterocycles. The van der Waals surface area contributed by atoms with Gasteiger partial charge in [0.05, 0.1) is 5.56 Å². The molecule has 0 unspecified atom stereocenters. The van der Waals surface area contributed by atoms with Crippen LogP contribution in [0.15, 0.2) is 60.9 Å². The van der Waals surface area contributed by atoms with Gasteiger partial charge in [-0.1, -0.05) is 41.4 Å². The van der Waals surface area contributed by atoms with Crippen molar-refractivity contribution in [2.75, 3.05) is 11.9 Å². The highest BCUT2D eigenvalue weighted by atomic mass is 35.5. The molecule has 5 nitrogen and oxygen atoms in total. The average molecular weight is 367 g/mol. The van der Waals surface area contributed by atoms with Gasteiger partial charge in [0.2, 0.25) is 5.95 Å². The van der Waals surface area contributed by atoms with Crippen molar-refractivity contribution < 1.29 is 4.79 Å². The zero-order valence-electron chi connectivity index (χ0n) is 14.4. The molecular weight excluding hydrogens is 348 g/mol. The highest BCUT2D eigenvalue weighted by Gasteiger charge is 2.07. The number of nitrogens with zero attached hydrogens (tertiary/aromatic N) is 2. The summed E-state index contributed by atoms with van der Waals surface area (Å²) in [4.78, 5) is 20.6. The number of hydrogen-bond donors (Lipinski definition) is 2. The highest BCUT2D eigenvalue weighted by Crippen LogP contribution is 2.13. The molecule has 2 aromatic carbocycles. The van der Waals surface area contributed by atoms with Crippen molar-refractivity contribution in [3.8, 4) is 0 Å². The van der Waals surface area contributed by atoms with Gasteiger partial charge in [-0.05, 0) is 43.2 Å². The van der Waals surface area contributed by atoms with Crippen molar-refractivity contribution in [3.05, 3.63) is 82.6 Å². The summed E-state index contributed by atoms with van der Waals surface area (Å²) in [5.74, 6) is 0.257. The molecule has 132 valence electrons. The summed E-state index contributed by atoms with van der Waals surface area (Å²) in [6.45, 7) is 2.56. The van der Waals surface area contributed by atoms with Crippen LogP contribution in [0.3, 0.4) is 0 Å². The van der Waals surface area contributed by atoms with Gasteiger partial charge in [0.1, 0.15) is 0 Å². The lowest BCUT2D eigenvalue weighted by Crippen LogP contribution is -2.26. The van der Waals surface area contributed by atoms with Crippen LogP contribution in [0.4, 0.5) is 11.6 Å². The summed E-state index contributed by atoms with van der Waals surface area (Å²) in [6.07, 6.45) is 3.76. The minimum atomic E-state index is -0.194. The van der Waals surface area contributed by atoms with Crippen LogP contribution >= 0.6 is 11.6 Å². The van der Waals surface area contributed by atoms with Crippen molar-refractivity contribution in [1.29, 1.82) is 0 Å². The molecule has 0 saturated carbocycles. The minimum Gasteiger partial charge on any atom is -0.352 e. The van der Waals surface area contributed by atoms with Gasteiger partial charge in [0, 0.05) is 29.6 Å². The van der Waals surface area contributed by atoms with Gasteiger partial charge in [-0.2, -0.15) is 0 Å². The monoisotopic (exact) mass is 366 g/mol. The molecule has 6 heteroatoms. The van der Waals surface area contributed by atoms with Crippen LogP contribution < -0.4 is 10.6 Å². The van der Waals surface area contributed by atoms with E-state index < -0.39 is 0 Å². The number of rotatable bonds is 6. The number of hydrogen-bond acceptors (Lipinski definition) is 4. The summed E-state index contributed by atoms with van der Waals surface area (Å²) >= 11 is 5.86. The SMILES string of the molecule is Cc1ccc(Nc2ncc(C(=O)NCCc3ccc(Cl)cc3)cn2)cc1. The molecular formula is C20H19ClN4O. The third-order valence-corrected chi connectivity index (χ3v) is 4.09. The molecule has 2 N–H and O–H groups in total. The number of nitrogens with one attached hydrogen (secondary N) is 2. The molecule has 0 fully saturated rings. The lowest BCUT2D eigenvalue weighted by Gasteiger charge is -2.07. The van der Waals surface area contributed by atoms with Crippen LogP contribution in [0.5, 0.6) is 0 Å². The number of aryl methyl sites for hydroxylation is 1. The van der Waals surface area contributed by atoms with Crippen LogP contribution in [0, 0.1) is 6.92 Å². The van der Waals surface area contributed by atoms with E-state index in [9.17, 15) is 4.79 Å². The first-order valence-electron chi connectivity index (χ1n) is 8.28. The fraction of sp³-hybridized carbons (Fsp3) is 0.150. The topological polar surface area (TPSA) is 66.9 Å². The van der Waals surface area contributed by atoms with Crippen molar-refractivity contribution in [2.45, 2.75) is 13.3 Å². The van der Waals surface area contributed by atoms with E-state index in [-0.39, 0.29) is 5.91 Å². The predicted molar refractivity (Wildman–Crippen MR) is 104 cm³/mol. The smallest absolute Gasteiger partial charge is 0.254 e. The van der Waals surface area contributed by atoms with Gasteiger partial charge in [-0.25, -0.2) is 9.97 Å². The standard InChI is InChI=1S/C20H19ClN4O/c1-14-2-8-18(9-3-14)25-20-23-12-16(13-24-20)19(26)22-11-10-15-4-6-17(21)7-5-15/h2-9,12-13H,10-11H2,1H3,(H,22,26)(H,23,24,25). The number of amides is 1.